The highest BCUT2D eigenvalue weighted by Crippen LogP contribution is 2.57. The van der Waals surface area contributed by atoms with E-state index >= 15 is 0 Å². The maximum atomic E-state index is 13.6. The van der Waals surface area contributed by atoms with Gasteiger partial charge in [0.1, 0.15) is 4.08 Å². The van der Waals surface area contributed by atoms with Gasteiger partial charge in [0.25, 0.3) is 0 Å². The molecule has 3 atom stereocenters. The summed E-state index contributed by atoms with van der Waals surface area (Å²) in [6.45, 7) is 7.84. The first-order valence-electron chi connectivity index (χ1n) is 11.1. The van der Waals surface area contributed by atoms with Gasteiger partial charge in [-0.2, -0.15) is 0 Å². The molecule has 0 bridgehead atoms. The van der Waals surface area contributed by atoms with Gasteiger partial charge in [-0.3, -0.25) is 8.42 Å². The van der Waals surface area contributed by atoms with Crippen LogP contribution in [0, 0.1) is 19.8 Å². The van der Waals surface area contributed by atoms with Crippen molar-refractivity contribution in [3.8, 4) is 0 Å². The molecule has 162 valence electrons. The molecule has 2 unspecified atom stereocenters. The Morgan fingerprint density at radius 2 is 1.30 bits per heavy atom. The van der Waals surface area contributed by atoms with Gasteiger partial charge in [0, 0.05) is 9.79 Å². The fourth-order valence-corrected chi connectivity index (χ4v) is 8.30. The second-order valence-electron chi connectivity index (χ2n) is 8.51. The molecule has 0 aromatic heterocycles. The number of hydrogen-bond donors (Lipinski definition) is 0. The van der Waals surface area contributed by atoms with Crippen LogP contribution in [-0.4, -0.2) is 12.5 Å². The van der Waals surface area contributed by atoms with Crippen LogP contribution in [-0.2, 0) is 21.6 Å². The average molecular weight is 443 g/mol. The van der Waals surface area contributed by atoms with Crippen molar-refractivity contribution in [2.75, 3.05) is 0 Å². The molecule has 2 nitrogen and oxygen atoms in total. The number of aryl methyl sites for hydroxylation is 2. The van der Waals surface area contributed by atoms with Crippen LogP contribution in [0.25, 0.3) is 0 Å². The highest BCUT2D eigenvalue weighted by Gasteiger charge is 2.63. The molecule has 0 radical (unpaired) electrons. The number of allylic oxidation sites excluding steroid dienone is 1. The molecule has 0 spiro atoms. The highest BCUT2D eigenvalue weighted by molar-refractivity contribution is 8.04. The van der Waals surface area contributed by atoms with E-state index in [4.69, 9.17) is 0 Å². The Morgan fingerprint density at radius 3 is 1.80 bits per heavy atom. The van der Waals surface area contributed by atoms with E-state index in [1.54, 1.807) is 0 Å². The monoisotopic (exact) mass is 442 g/mol. The summed E-state index contributed by atoms with van der Waals surface area (Å²) in [5.41, 5.74) is 2.29. The molecular formula is C26H34O2S2. The lowest BCUT2D eigenvalue weighted by Gasteiger charge is -2.18. The van der Waals surface area contributed by atoms with Crippen molar-refractivity contribution in [3.63, 3.8) is 0 Å². The molecule has 0 N–H and O–H groups in total. The van der Waals surface area contributed by atoms with E-state index in [-0.39, 0.29) is 5.92 Å². The third kappa shape index (κ3) is 5.39. The fourth-order valence-electron chi connectivity index (χ4n) is 4.06. The lowest BCUT2D eigenvalue weighted by molar-refractivity contribution is 0.568. The van der Waals surface area contributed by atoms with Gasteiger partial charge in [0.05, 0.1) is 21.6 Å². The maximum Gasteiger partial charge on any atom is 0.133 e. The van der Waals surface area contributed by atoms with Crippen molar-refractivity contribution in [2.45, 2.75) is 79.1 Å². The summed E-state index contributed by atoms with van der Waals surface area (Å²) in [7, 11) is -2.56. The molecule has 2 aromatic rings. The van der Waals surface area contributed by atoms with Crippen LogP contribution in [0.4, 0.5) is 0 Å². The Bertz CT molecular complexity index is 827. The van der Waals surface area contributed by atoms with E-state index in [1.807, 2.05) is 68.5 Å². The third-order valence-corrected chi connectivity index (χ3v) is 10.6. The zero-order chi connectivity index (χ0) is 21.6. The minimum absolute atomic E-state index is 0.259. The normalized spacial score (nSPS) is 22.4. The lowest BCUT2D eigenvalue weighted by atomic mass is 10.1. The number of hydrogen-bond acceptors (Lipinski definition) is 2. The standard InChI is InChI=1S/C26H34O2S2/c1-4-5-6-7-8-9-10-11-23-20-26(23,29(27)24-16-12-21(2)13-17-24)30(28)25-18-14-22(3)15-19-25/h4,12-19,23H,1,5-11,20H2,2-3H3/t23-,26?,29?,30?/m1/s1. The van der Waals surface area contributed by atoms with Crippen LogP contribution in [0.5, 0.6) is 0 Å². The lowest BCUT2D eigenvalue weighted by Crippen LogP contribution is -2.26. The van der Waals surface area contributed by atoms with E-state index in [2.05, 4.69) is 6.58 Å². The molecule has 1 saturated carbocycles. The Hall–Kier alpha value is -1.52. The summed E-state index contributed by atoms with van der Waals surface area (Å²) in [5.74, 6) is 0.259. The minimum atomic E-state index is -1.28. The molecule has 0 amide bonds. The predicted octanol–water partition coefficient (Wildman–Crippen LogP) is 6.85. The van der Waals surface area contributed by atoms with E-state index < -0.39 is 25.7 Å². The largest absolute Gasteiger partial charge is 0.253 e. The number of unbranched alkanes of at least 4 members (excludes halogenated alkanes) is 5. The van der Waals surface area contributed by atoms with Gasteiger partial charge < -0.3 is 0 Å². The van der Waals surface area contributed by atoms with Crippen LogP contribution >= 0.6 is 0 Å². The predicted molar refractivity (Wildman–Crippen MR) is 129 cm³/mol. The molecule has 0 saturated heterocycles. The van der Waals surface area contributed by atoms with E-state index in [9.17, 15) is 8.42 Å². The molecule has 1 aliphatic carbocycles. The number of benzene rings is 2. The average Bonchev–Trinajstić information content (AvgIpc) is 3.48. The zero-order valence-electron chi connectivity index (χ0n) is 18.3. The Balaban J connectivity index is 1.71. The van der Waals surface area contributed by atoms with Crippen LogP contribution in [0.1, 0.15) is 62.5 Å². The van der Waals surface area contributed by atoms with Crippen LogP contribution in [0.2, 0.25) is 0 Å². The van der Waals surface area contributed by atoms with Crippen molar-refractivity contribution in [2.24, 2.45) is 5.92 Å². The van der Waals surface area contributed by atoms with Crippen LogP contribution < -0.4 is 0 Å². The Labute approximate surface area is 187 Å². The van der Waals surface area contributed by atoms with Gasteiger partial charge in [-0.05, 0) is 69.7 Å². The molecule has 3 rings (SSSR count). The Morgan fingerprint density at radius 1 is 0.833 bits per heavy atom. The van der Waals surface area contributed by atoms with Crippen molar-refractivity contribution < 1.29 is 8.42 Å². The summed E-state index contributed by atoms with van der Waals surface area (Å²) < 4.78 is 26.7. The second-order valence-corrected chi connectivity index (χ2v) is 12.2. The second kappa shape index (κ2) is 10.7. The van der Waals surface area contributed by atoms with E-state index in [0.29, 0.717) is 0 Å². The number of rotatable bonds is 12. The van der Waals surface area contributed by atoms with Gasteiger partial charge in [0.15, 0.2) is 0 Å². The SMILES string of the molecule is C=CCCCCCCC[C@@H]1CC1(S(=O)c1ccc(C)cc1)S(=O)c1ccc(C)cc1. The first-order chi connectivity index (χ1) is 14.5. The first-order valence-corrected chi connectivity index (χ1v) is 13.4. The van der Waals surface area contributed by atoms with Crippen molar-refractivity contribution in [1.29, 1.82) is 0 Å². The maximum absolute atomic E-state index is 13.6. The highest BCUT2D eigenvalue weighted by atomic mass is 32.2. The van der Waals surface area contributed by atoms with Gasteiger partial charge in [-0.15, -0.1) is 6.58 Å². The van der Waals surface area contributed by atoms with Gasteiger partial charge in [0.2, 0.25) is 0 Å². The molecule has 30 heavy (non-hydrogen) atoms. The fraction of sp³-hybridized carbons (Fsp3) is 0.462. The summed E-state index contributed by atoms with van der Waals surface area (Å²) in [6.07, 6.45) is 10.9. The smallest absolute Gasteiger partial charge is 0.133 e. The van der Waals surface area contributed by atoms with Gasteiger partial charge in [-0.1, -0.05) is 67.2 Å². The molecule has 4 heteroatoms. The summed E-state index contributed by atoms with van der Waals surface area (Å²) >= 11 is 0. The molecule has 1 aliphatic rings. The van der Waals surface area contributed by atoms with Gasteiger partial charge >= 0.3 is 0 Å². The summed E-state index contributed by atoms with van der Waals surface area (Å²) in [4.78, 5) is 1.60. The molecule has 0 heterocycles. The molecule has 0 aliphatic heterocycles. The van der Waals surface area contributed by atoms with Crippen molar-refractivity contribution in [1.82, 2.24) is 0 Å². The molecular weight excluding hydrogens is 408 g/mol. The minimum Gasteiger partial charge on any atom is -0.253 e. The van der Waals surface area contributed by atoms with Gasteiger partial charge in [-0.25, -0.2) is 0 Å². The van der Waals surface area contributed by atoms with Crippen molar-refractivity contribution >= 4 is 21.6 Å². The summed E-state index contributed by atoms with van der Waals surface area (Å²) in [6, 6.07) is 15.7. The Kier molecular flexibility index (Phi) is 8.24. The van der Waals surface area contributed by atoms with Crippen molar-refractivity contribution in [3.05, 3.63) is 72.3 Å². The first kappa shape index (κ1) is 23.1. The summed E-state index contributed by atoms with van der Waals surface area (Å²) in [5, 5.41) is 0. The molecule has 1 fully saturated rings. The topological polar surface area (TPSA) is 34.1 Å². The quantitative estimate of drug-likeness (QED) is 0.266. The molecule has 2 aromatic carbocycles. The van der Waals surface area contributed by atoms with Crippen LogP contribution in [0.3, 0.4) is 0 Å². The van der Waals surface area contributed by atoms with E-state index in [0.717, 1.165) is 46.6 Å². The van der Waals surface area contributed by atoms with Crippen LogP contribution in [0.15, 0.2) is 71.0 Å². The third-order valence-electron chi connectivity index (χ3n) is 6.05. The van der Waals surface area contributed by atoms with E-state index in [1.165, 1.54) is 25.7 Å². The zero-order valence-corrected chi connectivity index (χ0v) is 19.9.